The van der Waals surface area contributed by atoms with Crippen molar-refractivity contribution >= 4 is 12.2 Å². The summed E-state index contributed by atoms with van der Waals surface area (Å²) < 4.78 is 0. The minimum absolute atomic E-state index is 1.08. The lowest BCUT2D eigenvalue weighted by Crippen LogP contribution is -2.39. The Balaban J connectivity index is 0. The molecule has 0 aromatic carbocycles. The van der Waals surface area contributed by atoms with Gasteiger partial charge in [0.2, 0.25) is 0 Å². The van der Waals surface area contributed by atoms with Crippen LogP contribution in [0.15, 0.2) is 25.6 Å². The maximum Gasteiger partial charge on any atom is 0.408 e. The summed E-state index contributed by atoms with van der Waals surface area (Å²) in [6.45, 7) is 10.8. The molecule has 1 aliphatic heterocycles. The van der Waals surface area contributed by atoms with Crippen molar-refractivity contribution in [3.8, 4) is 0 Å². The zero-order chi connectivity index (χ0) is 14.2. The molecule has 1 rings (SSSR count). The van der Waals surface area contributed by atoms with Crippen LogP contribution in [-0.4, -0.2) is 48.6 Å². The van der Waals surface area contributed by atoms with Crippen molar-refractivity contribution in [1.29, 1.82) is 0 Å². The van der Waals surface area contributed by atoms with Crippen LogP contribution in [0.5, 0.6) is 0 Å². The van der Waals surface area contributed by atoms with E-state index in [9.17, 15) is 9.59 Å². The minimum Gasteiger partial charge on any atom is -0.465 e. The number of nitrogens with one attached hydrogen (secondary N) is 4. The summed E-state index contributed by atoms with van der Waals surface area (Å²) in [6, 6.07) is 0. The van der Waals surface area contributed by atoms with Crippen LogP contribution in [0.4, 0.5) is 9.59 Å². The molecule has 1 fully saturated rings. The van der Waals surface area contributed by atoms with Gasteiger partial charge >= 0.3 is 12.2 Å². The highest BCUT2D eigenvalue weighted by Gasteiger charge is 1.91. The van der Waals surface area contributed by atoms with E-state index in [1.54, 1.807) is 0 Å². The fourth-order valence-electron chi connectivity index (χ4n) is 0.778. The first-order chi connectivity index (χ1) is 8.54. The molecule has 0 aromatic heterocycles. The first kappa shape index (κ1) is 18.3. The van der Waals surface area contributed by atoms with Crippen LogP contribution in [0.1, 0.15) is 0 Å². The van der Waals surface area contributed by atoms with Crippen LogP contribution in [0.25, 0.3) is 0 Å². The highest BCUT2D eigenvalue weighted by molar-refractivity contribution is 5.65. The molecular formula is C10H20N4O4. The number of amides is 2. The summed E-state index contributed by atoms with van der Waals surface area (Å²) in [4.78, 5) is 18.8. The lowest BCUT2D eigenvalue weighted by molar-refractivity contribution is 0.197. The van der Waals surface area contributed by atoms with Gasteiger partial charge in [-0.25, -0.2) is 9.59 Å². The predicted octanol–water partition coefficient (Wildman–Crippen LogP) is -0.0258. The third kappa shape index (κ3) is 23.6. The van der Waals surface area contributed by atoms with Crippen LogP contribution in [0.2, 0.25) is 0 Å². The highest BCUT2D eigenvalue weighted by Crippen LogP contribution is 1.65. The van der Waals surface area contributed by atoms with Crippen LogP contribution in [0, 0.1) is 0 Å². The zero-order valence-corrected chi connectivity index (χ0v) is 10.1. The molecule has 0 spiro atoms. The molecular weight excluding hydrogens is 240 g/mol. The van der Waals surface area contributed by atoms with Crippen molar-refractivity contribution in [3.05, 3.63) is 25.6 Å². The van der Waals surface area contributed by atoms with Crippen molar-refractivity contribution in [1.82, 2.24) is 21.3 Å². The average Bonchev–Trinajstić information content (AvgIpc) is 2.32. The Morgan fingerprint density at radius 2 is 1.17 bits per heavy atom. The minimum atomic E-state index is -1.08. The Hall–Kier alpha value is -2.06. The normalized spacial score (nSPS) is 12.4. The Kier molecular flexibility index (Phi) is 15.2. The fraction of sp³-hybridized carbons (Fsp3) is 0.400. The van der Waals surface area contributed by atoms with Crippen LogP contribution in [-0.2, 0) is 0 Å². The van der Waals surface area contributed by atoms with E-state index < -0.39 is 12.2 Å². The van der Waals surface area contributed by atoms with Crippen molar-refractivity contribution < 1.29 is 19.8 Å². The summed E-state index contributed by atoms with van der Waals surface area (Å²) in [7, 11) is 0. The molecule has 18 heavy (non-hydrogen) atoms. The molecule has 104 valence electrons. The summed E-state index contributed by atoms with van der Waals surface area (Å²) >= 11 is 0. The summed E-state index contributed by atoms with van der Waals surface area (Å²) in [5.41, 5.74) is 0. The van der Waals surface area contributed by atoms with Crippen molar-refractivity contribution in [2.24, 2.45) is 0 Å². The number of carboxylic acid groups (broad SMARTS) is 2. The summed E-state index contributed by atoms with van der Waals surface area (Å²) in [6.07, 6.45) is 0.0417. The molecule has 0 radical (unpaired) electrons. The van der Waals surface area contributed by atoms with E-state index in [2.05, 4.69) is 23.8 Å². The van der Waals surface area contributed by atoms with Gasteiger partial charge in [0.15, 0.2) is 0 Å². The van der Waals surface area contributed by atoms with E-state index in [0.717, 1.165) is 38.6 Å². The van der Waals surface area contributed by atoms with Crippen molar-refractivity contribution in [2.45, 2.75) is 0 Å². The van der Waals surface area contributed by atoms with E-state index in [1.807, 2.05) is 10.6 Å². The van der Waals surface area contributed by atoms with Crippen LogP contribution >= 0.6 is 0 Å². The molecule has 8 nitrogen and oxygen atoms in total. The second kappa shape index (κ2) is 14.9. The molecule has 0 saturated carbocycles. The fourth-order valence-corrected chi connectivity index (χ4v) is 0.778. The predicted molar refractivity (Wildman–Crippen MR) is 68.5 cm³/mol. The molecule has 0 unspecified atom stereocenters. The summed E-state index contributed by atoms with van der Waals surface area (Å²) in [5, 5.41) is 25.7. The molecule has 0 aromatic rings. The quantitative estimate of drug-likeness (QED) is 0.414. The van der Waals surface area contributed by atoms with Gasteiger partial charge in [-0.3, -0.25) is 10.6 Å². The second-order valence-electron chi connectivity index (χ2n) is 2.81. The van der Waals surface area contributed by atoms with E-state index in [1.165, 1.54) is 0 Å². The first-order valence-electron chi connectivity index (χ1n) is 5.16. The number of carbonyl (C=O) groups is 2. The van der Waals surface area contributed by atoms with E-state index in [0.29, 0.717) is 0 Å². The smallest absolute Gasteiger partial charge is 0.408 e. The Labute approximate surface area is 106 Å². The molecule has 0 aliphatic carbocycles. The topological polar surface area (TPSA) is 123 Å². The maximum atomic E-state index is 9.42. The van der Waals surface area contributed by atoms with Gasteiger partial charge in [0.25, 0.3) is 0 Å². The van der Waals surface area contributed by atoms with E-state index >= 15 is 0 Å². The van der Waals surface area contributed by atoms with Gasteiger partial charge in [-0.05, 0) is 12.4 Å². The first-order valence-corrected chi connectivity index (χ1v) is 5.16. The largest absolute Gasteiger partial charge is 0.465 e. The molecule has 1 aliphatic rings. The molecule has 2 amide bonds. The van der Waals surface area contributed by atoms with Gasteiger partial charge in [-0.1, -0.05) is 13.2 Å². The molecule has 1 heterocycles. The third-order valence-corrected chi connectivity index (χ3v) is 1.41. The van der Waals surface area contributed by atoms with Gasteiger partial charge in [0, 0.05) is 26.2 Å². The highest BCUT2D eigenvalue weighted by atomic mass is 16.4. The Bertz CT molecular complexity index is 223. The SMILES string of the molecule is C1CNCCN1.C=CNC(=O)O.C=CNC(=O)O. The van der Waals surface area contributed by atoms with Gasteiger partial charge in [0.05, 0.1) is 0 Å². The van der Waals surface area contributed by atoms with Crippen LogP contribution < -0.4 is 21.3 Å². The number of hydrogen-bond donors (Lipinski definition) is 6. The second-order valence-corrected chi connectivity index (χ2v) is 2.81. The van der Waals surface area contributed by atoms with E-state index in [4.69, 9.17) is 10.2 Å². The van der Waals surface area contributed by atoms with Crippen molar-refractivity contribution in [3.63, 3.8) is 0 Å². The Morgan fingerprint density at radius 3 is 1.22 bits per heavy atom. The monoisotopic (exact) mass is 260 g/mol. The van der Waals surface area contributed by atoms with Gasteiger partial charge < -0.3 is 20.8 Å². The van der Waals surface area contributed by atoms with Gasteiger partial charge in [-0.15, -0.1) is 0 Å². The molecule has 6 N–H and O–H groups in total. The standard InChI is InChI=1S/C4H10N2.2C3H5NO2/c1-2-6-4-3-5-1;2*1-2-4-3(5)6/h5-6H,1-4H2;2*2,4H,1H2,(H,5,6). The maximum absolute atomic E-state index is 9.42. The van der Waals surface area contributed by atoms with Gasteiger partial charge in [-0.2, -0.15) is 0 Å². The molecule has 0 atom stereocenters. The lowest BCUT2D eigenvalue weighted by atomic mass is 10.4. The van der Waals surface area contributed by atoms with Gasteiger partial charge in [0.1, 0.15) is 0 Å². The van der Waals surface area contributed by atoms with E-state index in [-0.39, 0.29) is 0 Å². The van der Waals surface area contributed by atoms with Crippen molar-refractivity contribution in [2.75, 3.05) is 26.2 Å². The molecule has 0 bridgehead atoms. The molecule has 8 heteroatoms. The Morgan fingerprint density at radius 1 is 0.889 bits per heavy atom. The summed E-state index contributed by atoms with van der Waals surface area (Å²) in [5.74, 6) is 0. The lowest BCUT2D eigenvalue weighted by Gasteiger charge is -2.11. The zero-order valence-electron chi connectivity index (χ0n) is 10.1. The van der Waals surface area contributed by atoms with Crippen LogP contribution in [0.3, 0.4) is 0 Å². The average molecular weight is 260 g/mol. The third-order valence-electron chi connectivity index (χ3n) is 1.41. The number of hydrogen-bond acceptors (Lipinski definition) is 4. The molecule has 1 saturated heterocycles. The number of rotatable bonds is 2. The number of piperazine rings is 1.